The van der Waals surface area contributed by atoms with E-state index in [1.807, 2.05) is 68.4 Å². The van der Waals surface area contributed by atoms with Crippen LogP contribution in [0.1, 0.15) is 28.4 Å². The first-order valence-corrected chi connectivity index (χ1v) is 10.0. The summed E-state index contributed by atoms with van der Waals surface area (Å²) in [5.41, 5.74) is 3.78. The van der Waals surface area contributed by atoms with Crippen molar-refractivity contribution in [3.8, 4) is 11.3 Å². The lowest BCUT2D eigenvalue weighted by molar-refractivity contribution is 0.0989. The highest BCUT2D eigenvalue weighted by atomic mass is 16.3. The molecule has 0 aliphatic carbocycles. The molecule has 4 nitrogen and oxygen atoms in total. The molecule has 4 rings (SSSR count). The maximum atomic E-state index is 13.6. The normalized spacial score (nSPS) is 10.9. The van der Waals surface area contributed by atoms with Crippen LogP contribution in [0.25, 0.3) is 22.3 Å². The Hall–Kier alpha value is -3.66. The number of anilines is 1. The maximum absolute atomic E-state index is 13.6. The van der Waals surface area contributed by atoms with Crippen molar-refractivity contribution in [2.45, 2.75) is 20.8 Å². The minimum atomic E-state index is -0.191. The van der Waals surface area contributed by atoms with Crippen molar-refractivity contribution in [3.05, 3.63) is 99.7 Å². The van der Waals surface area contributed by atoms with E-state index in [1.165, 1.54) is 0 Å². The van der Waals surface area contributed by atoms with Gasteiger partial charge in [-0.15, -0.1) is 0 Å². The van der Waals surface area contributed by atoms with Crippen LogP contribution in [0, 0.1) is 13.8 Å². The summed E-state index contributed by atoms with van der Waals surface area (Å²) in [7, 11) is 0. The molecular weight excluding hydrogens is 374 g/mol. The predicted octanol–water partition coefficient (Wildman–Crippen LogP) is 5.74. The van der Waals surface area contributed by atoms with Gasteiger partial charge in [0.2, 0.25) is 0 Å². The number of amides is 1. The number of aryl methyl sites for hydroxylation is 1. The summed E-state index contributed by atoms with van der Waals surface area (Å²) >= 11 is 0. The molecular formula is C26H23NO3. The SMILES string of the molecule is CCN(C(=O)c1cccc2c(=O)c(C)c(-c3ccccc3)oc12)c1ccccc1C. The van der Waals surface area contributed by atoms with Gasteiger partial charge in [0.25, 0.3) is 5.91 Å². The van der Waals surface area contributed by atoms with E-state index in [0.717, 1.165) is 16.8 Å². The molecule has 0 aliphatic heterocycles. The Morgan fingerprint density at radius 3 is 2.30 bits per heavy atom. The third kappa shape index (κ3) is 3.30. The molecule has 0 saturated heterocycles. The summed E-state index contributed by atoms with van der Waals surface area (Å²) in [6, 6.07) is 22.4. The number of para-hydroxylation sites is 2. The maximum Gasteiger partial charge on any atom is 0.262 e. The first-order valence-electron chi connectivity index (χ1n) is 10.0. The standard InChI is InChI=1S/C26H23NO3/c1-4-27(22-16-9-8-11-17(22)2)26(29)21-15-10-14-20-23(28)18(3)24(30-25(20)21)19-12-6-5-7-13-19/h5-16H,4H2,1-3H3. The molecule has 1 aromatic heterocycles. The molecule has 4 aromatic rings. The summed E-state index contributed by atoms with van der Waals surface area (Å²) in [6.07, 6.45) is 0. The van der Waals surface area contributed by atoms with Gasteiger partial charge in [0.1, 0.15) is 5.76 Å². The van der Waals surface area contributed by atoms with Crippen LogP contribution in [0.5, 0.6) is 0 Å². The molecule has 0 N–H and O–H groups in total. The Morgan fingerprint density at radius 2 is 1.60 bits per heavy atom. The molecule has 0 unspecified atom stereocenters. The zero-order valence-electron chi connectivity index (χ0n) is 17.3. The van der Waals surface area contributed by atoms with Gasteiger partial charge in [-0.25, -0.2) is 0 Å². The van der Waals surface area contributed by atoms with Crippen LogP contribution in [0.15, 0.2) is 82.0 Å². The second kappa shape index (κ2) is 7.99. The van der Waals surface area contributed by atoms with Gasteiger partial charge in [-0.2, -0.15) is 0 Å². The summed E-state index contributed by atoms with van der Waals surface area (Å²) in [4.78, 5) is 28.3. The first-order chi connectivity index (χ1) is 14.5. The van der Waals surface area contributed by atoms with Gasteiger partial charge in [-0.1, -0.05) is 54.6 Å². The molecule has 150 valence electrons. The molecule has 1 amide bonds. The van der Waals surface area contributed by atoms with Crippen LogP contribution in [-0.4, -0.2) is 12.5 Å². The average molecular weight is 397 g/mol. The van der Waals surface area contributed by atoms with Crippen molar-refractivity contribution < 1.29 is 9.21 Å². The topological polar surface area (TPSA) is 50.5 Å². The molecule has 0 aliphatic rings. The summed E-state index contributed by atoms with van der Waals surface area (Å²) in [6.45, 7) is 6.17. The fraction of sp³-hybridized carbons (Fsp3) is 0.154. The molecule has 0 bridgehead atoms. The highest BCUT2D eigenvalue weighted by Gasteiger charge is 2.23. The van der Waals surface area contributed by atoms with E-state index < -0.39 is 0 Å². The van der Waals surface area contributed by atoms with Crippen LogP contribution >= 0.6 is 0 Å². The van der Waals surface area contributed by atoms with Crippen molar-refractivity contribution >= 4 is 22.6 Å². The van der Waals surface area contributed by atoms with E-state index in [0.29, 0.717) is 34.4 Å². The van der Waals surface area contributed by atoms with Gasteiger partial charge in [0, 0.05) is 23.4 Å². The van der Waals surface area contributed by atoms with Gasteiger partial charge in [-0.3, -0.25) is 9.59 Å². The van der Waals surface area contributed by atoms with Crippen LogP contribution < -0.4 is 10.3 Å². The molecule has 3 aromatic carbocycles. The monoisotopic (exact) mass is 397 g/mol. The molecule has 4 heteroatoms. The third-order valence-corrected chi connectivity index (χ3v) is 5.38. The molecule has 0 saturated carbocycles. The number of hydrogen-bond donors (Lipinski definition) is 0. The van der Waals surface area contributed by atoms with Gasteiger partial charge in [0.05, 0.1) is 10.9 Å². The molecule has 1 heterocycles. The van der Waals surface area contributed by atoms with Gasteiger partial charge >= 0.3 is 0 Å². The quantitative estimate of drug-likeness (QED) is 0.441. The largest absolute Gasteiger partial charge is 0.455 e. The number of carbonyl (C=O) groups excluding carboxylic acids is 1. The molecule has 0 fully saturated rings. The average Bonchev–Trinajstić information content (AvgIpc) is 2.78. The van der Waals surface area contributed by atoms with Crippen molar-refractivity contribution in [1.29, 1.82) is 0 Å². The summed E-state index contributed by atoms with van der Waals surface area (Å²) < 4.78 is 6.23. The Bertz CT molecular complexity index is 1290. The van der Waals surface area contributed by atoms with E-state index in [1.54, 1.807) is 30.0 Å². The smallest absolute Gasteiger partial charge is 0.262 e. The molecule has 0 atom stereocenters. The second-order valence-electron chi connectivity index (χ2n) is 7.27. The Balaban J connectivity index is 1.93. The number of benzene rings is 3. The zero-order chi connectivity index (χ0) is 21.3. The Labute approximate surface area is 175 Å². The minimum absolute atomic E-state index is 0.122. The number of hydrogen-bond acceptors (Lipinski definition) is 3. The van der Waals surface area contributed by atoms with Crippen LogP contribution in [0.4, 0.5) is 5.69 Å². The molecule has 0 spiro atoms. The van der Waals surface area contributed by atoms with Crippen LogP contribution in [0.2, 0.25) is 0 Å². The zero-order valence-corrected chi connectivity index (χ0v) is 17.3. The lowest BCUT2D eigenvalue weighted by Gasteiger charge is -2.23. The van der Waals surface area contributed by atoms with Gasteiger partial charge < -0.3 is 9.32 Å². The number of carbonyl (C=O) groups is 1. The number of fused-ring (bicyclic) bond motifs is 1. The van der Waals surface area contributed by atoms with Gasteiger partial charge in [0.15, 0.2) is 11.0 Å². The Kier molecular flexibility index (Phi) is 5.23. The molecule has 0 radical (unpaired) electrons. The lowest BCUT2D eigenvalue weighted by atomic mass is 10.0. The second-order valence-corrected chi connectivity index (χ2v) is 7.27. The third-order valence-electron chi connectivity index (χ3n) is 5.38. The van der Waals surface area contributed by atoms with E-state index in [2.05, 4.69) is 0 Å². The van der Waals surface area contributed by atoms with E-state index in [4.69, 9.17) is 4.42 Å². The fourth-order valence-electron chi connectivity index (χ4n) is 3.78. The van der Waals surface area contributed by atoms with Crippen LogP contribution in [-0.2, 0) is 0 Å². The lowest BCUT2D eigenvalue weighted by Crippen LogP contribution is -2.31. The van der Waals surface area contributed by atoms with E-state index >= 15 is 0 Å². The first kappa shape index (κ1) is 19.6. The van der Waals surface area contributed by atoms with Gasteiger partial charge in [-0.05, 0) is 44.5 Å². The van der Waals surface area contributed by atoms with Crippen molar-refractivity contribution in [1.82, 2.24) is 0 Å². The highest BCUT2D eigenvalue weighted by Crippen LogP contribution is 2.29. The number of nitrogens with zero attached hydrogens (tertiary/aromatic N) is 1. The highest BCUT2D eigenvalue weighted by molar-refractivity contribution is 6.13. The Morgan fingerprint density at radius 1 is 0.900 bits per heavy atom. The van der Waals surface area contributed by atoms with E-state index in [9.17, 15) is 9.59 Å². The van der Waals surface area contributed by atoms with Crippen molar-refractivity contribution in [2.24, 2.45) is 0 Å². The predicted molar refractivity (Wildman–Crippen MR) is 121 cm³/mol. The van der Waals surface area contributed by atoms with Crippen molar-refractivity contribution in [2.75, 3.05) is 11.4 Å². The van der Waals surface area contributed by atoms with E-state index in [-0.39, 0.29) is 11.3 Å². The number of rotatable bonds is 4. The fourth-order valence-corrected chi connectivity index (χ4v) is 3.78. The van der Waals surface area contributed by atoms with Crippen LogP contribution in [0.3, 0.4) is 0 Å². The summed E-state index contributed by atoms with van der Waals surface area (Å²) in [5.74, 6) is 0.302. The van der Waals surface area contributed by atoms with Crippen molar-refractivity contribution in [3.63, 3.8) is 0 Å². The summed E-state index contributed by atoms with van der Waals surface area (Å²) in [5, 5.41) is 0.416. The molecule has 30 heavy (non-hydrogen) atoms. The minimum Gasteiger partial charge on any atom is -0.455 e.